The zero-order valence-corrected chi connectivity index (χ0v) is 12.2. The molecule has 3 rings (SSSR count). The number of H-pyrrole nitrogens is 1. The van der Waals surface area contributed by atoms with Gasteiger partial charge in [-0.15, -0.1) is 0 Å². The highest BCUT2D eigenvalue weighted by molar-refractivity contribution is 5.85. The predicted molar refractivity (Wildman–Crippen MR) is 80.5 cm³/mol. The number of ether oxygens (including phenoxy) is 2. The van der Waals surface area contributed by atoms with Gasteiger partial charge in [0.25, 0.3) is 0 Å². The van der Waals surface area contributed by atoms with Crippen LogP contribution in [-0.4, -0.2) is 41.8 Å². The van der Waals surface area contributed by atoms with Crippen LogP contribution in [-0.2, 0) is 4.74 Å². The van der Waals surface area contributed by atoms with Crippen molar-refractivity contribution in [2.45, 2.75) is 25.9 Å². The first kappa shape index (κ1) is 13.8. The lowest BCUT2D eigenvalue weighted by atomic mass is 10.1. The van der Waals surface area contributed by atoms with Crippen LogP contribution in [0.4, 0.5) is 4.79 Å². The van der Waals surface area contributed by atoms with Crippen molar-refractivity contribution in [3.05, 3.63) is 30.5 Å². The molecule has 1 fully saturated rings. The van der Waals surface area contributed by atoms with Crippen molar-refractivity contribution in [2.24, 2.45) is 0 Å². The Hall–Kier alpha value is -2.17. The summed E-state index contributed by atoms with van der Waals surface area (Å²) >= 11 is 0. The van der Waals surface area contributed by atoms with Crippen LogP contribution in [0.5, 0.6) is 5.75 Å². The molecule has 1 aliphatic heterocycles. The first-order chi connectivity index (χ1) is 10.3. The van der Waals surface area contributed by atoms with Gasteiger partial charge in [0.05, 0.1) is 6.61 Å². The monoisotopic (exact) mass is 288 g/mol. The number of rotatable bonds is 3. The number of fused-ring (bicyclic) bond motifs is 1. The second-order valence-electron chi connectivity index (χ2n) is 5.20. The molecule has 0 radical (unpaired) electrons. The molecular weight excluding hydrogens is 268 g/mol. The minimum atomic E-state index is -0.219. The number of likely N-dealkylation sites (tertiary alicyclic amines) is 1. The van der Waals surface area contributed by atoms with Crippen molar-refractivity contribution in [1.82, 2.24) is 9.88 Å². The molecule has 0 spiro atoms. The summed E-state index contributed by atoms with van der Waals surface area (Å²) in [7, 11) is 0. The second-order valence-corrected chi connectivity index (χ2v) is 5.20. The van der Waals surface area contributed by atoms with Crippen LogP contribution >= 0.6 is 0 Å². The van der Waals surface area contributed by atoms with Gasteiger partial charge >= 0.3 is 6.09 Å². The van der Waals surface area contributed by atoms with Gasteiger partial charge in [0.1, 0.15) is 11.9 Å². The fourth-order valence-electron chi connectivity index (χ4n) is 2.71. The highest BCUT2D eigenvalue weighted by Gasteiger charge is 2.24. The summed E-state index contributed by atoms with van der Waals surface area (Å²) in [4.78, 5) is 16.6. The quantitative estimate of drug-likeness (QED) is 0.943. The minimum Gasteiger partial charge on any atom is -0.490 e. The van der Waals surface area contributed by atoms with E-state index >= 15 is 0 Å². The Balaban J connectivity index is 1.60. The van der Waals surface area contributed by atoms with Gasteiger partial charge in [-0.2, -0.15) is 0 Å². The van der Waals surface area contributed by atoms with E-state index < -0.39 is 0 Å². The normalized spacial score (nSPS) is 16.1. The number of hydrogen-bond acceptors (Lipinski definition) is 3. The second kappa shape index (κ2) is 6.08. The van der Waals surface area contributed by atoms with Crippen LogP contribution in [0.1, 0.15) is 19.8 Å². The number of amides is 1. The molecule has 0 aliphatic carbocycles. The Bertz CT molecular complexity index is 615. The lowest BCUT2D eigenvalue weighted by molar-refractivity contribution is 0.0708. The summed E-state index contributed by atoms with van der Waals surface area (Å²) in [5.74, 6) is 0.906. The molecular formula is C16H20N2O3. The summed E-state index contributed by atoms with van der Waals surface area (Å²) < 4.78 is 11.1. The van der Waals surface area contributed by atoms with Crippen molar-refractivity contribution >= 4 is 17.0 Å². The zero-order chi connectivity index (χ0) is 14.7. The van der Waals surface area contributed by atoms with Crippen molar-refractivity contribution in [3.8, 4) is 5.75 Å². The van der Waals surface area contributed by atoms with Crippen LogP contribution in [0.2, 0.25) is 0 Å². The molecule has 1 saturated heterocycles. The molecule has 0 saturated carbocycles. The molecule has 112 valence electrons. The molecule has 0 unspecified atom stereocenters. The Morgan fingerprint density at radius 1 is 1.33 bits per heavy atom. The molecule has 1 aromatic carbocycles. The zero-order valence-electron chi connectivity index (χ0n) is 12.2. The van der Waals surface area contributed by atoms with E-state index in [2.05, 4.69) is 4.98 Å². The van der Waals surface area contributed by atoms with Gasteiger partial charge in [-0.05, 0) is 25.1 Å². The van der Waals surface area contributed by atoms with Crippen LogP contribution < -0.4 is 4.74 Å². The van der Waals surface area contributed by atoms with E-state index in [-0.39, 0.29) is 12.2 Å². The molecule has 0 atom stereocenters. The van der Waals surface area contributed by atoms with E-state index in [4.69, 9.17) is 9.47 Å². The summed E-state index contributed by atoms with van der Waals surface area (Å²) in [6, 6.07) is 8.04. The minimum absolute atomic E-state index is 0.149. The molecule has 21 heavy (non-hydrogen) atoms. The predicted octanol–water partition coefficient (Wildman–Crippen LogP) is 3.17. The maximum absolute atomic E-state index is 11.7. The molecule has 1 amide bonds. The molecule has 2 heterocycles. The van der Waals surface area contributed by atoms with Crippen LogP contribution in [0.3, 0.4) is 0 Å². The average molecular weight is 288 g/mol. The number of carbonyl (C=O) groups excluding carboxylic acids is 1. The van der Waals surface area contributed by atoms with Crippen LogP contribution in [0, 0.1) is 0 Å². The fourth-order valence-corrected chi connectivity index (χ4v) is 2.71. The third-order valence-electron chi connectivity index (χ3n) is 3.82. The van der Waals surface area contributed by atoms with E-state index in [0.717, 1.165) is 29.5 Å². The lowest BCUT2D eigenvalue weighted by Crippen LogP contribution is -2.42. The van der Waals surface area contributed by atoms with Crippen molar-refractivity contribution in [2.75, 3.05) is 19.7 Å². The van der Waals surface area contributed by atoms with Crippen LogP contribution in [0.25, 0.3) is 10.9 Å². The first-order valence-corrected chi connectivity index (χ1v) is 7.42. The maximum atomic E-state index is 11.7. The van der Waals surface area contributed by atoms with Gasteiger partial charge in [0, 0.05) is 43.0 Å². The van der Waals surface area contributed by atoms with Gasteiger partial charge in [-0.25, -0.2) is 4.79 Å². The first-order valence-electron chi connectivity index (χ1n) is 7.42. The van der Waals surface area contributed by atoms with Crippen LogP contribution in [0.15, 0.2) is 30.5 Å². The Morgan fingerprint density at radius 2 is 2.14 bits per heavy atom. The highest BCUT2D eigenvalue weighted by atomic mass is 16.6. The number of piperidine rings is 1. The number of aromatic amines is 1. The Morgan fingerprint density at radius 3 is 2.90 bits per heavy atom. The van der Waals surface area contributed by atoms with Gasteiger partial charge in [-0.3, -0.25) is 0 Å². The molecule has 2 aromatic rings. The average Bonchev–Trinajstić information content (AvgIpc) is 2.98. The van der Waals surface area contributed by atoms with E-state index in [1.165, 1.54) is 0 Å². The molecule has 5 nitrogen and oxygen atoms in total. The van der Waals surface area contributed by atoms with E-state index in [9.17, 15) is 4.79 Å². The van der Waals surface area contributed by atoms with Crippen molar-refractivity contribution in [1.29, 1.82) is 0 Å². The smallest absolute Gasteiger partial charge is 0.409 e. The summed E-state index contributed by atoms with van der Waals surface area (Å²) in [6.45, 7) is 3.62. The van der Waals surface area contributed by atoms with E-state index in [1.807, 2.05) is 37.4 Å². The van der Waals surface area contributed by atoms with E-state index in [1.54, 1.807) is 4.90 Å². The largest absolute Gasteiger partial charge is 0.490 e. The Labute approximate surface area is 123 Å². The number of nitrogens with zero attached hydrogens (tertiary/aromatic N) is 1. The third kappa shape index (κ3) is 2.96. The summed E-state index contributed by atoms with van der Waals surface area (Å²) in [5, 5.41) is 1.10. The molecule has 1 N–H and O–H groups in total. The van der Waals surface area contributed by atoms with Gasteiger partial charge < -0.3 is 19.4 Å². The number of aromatic nitrogens is 1. The van der Waals surface area contributed by atoms with Crippen molar-refractivity contribution < 1.29 is 14.3 Å². The topological polar surface area (TPSA) is 54.6 Å². The standard InChI is InChI=1S/C16H20N2O3/c1-2-20-16(19)18-10-7-12(8-11-18)21-15-5-3-4-14-13(15)6-9-17-14/h3-6,9,12,17H,2,7-8,10-11H2,1H3. The van der Waals surface area contributed by atoms with E-state index in [0.29, 0.717) is 19.7 Å². The van der Waals surface area contributed by atoms with Gasteiger partial charge in [0.15, 0.2) is 0 Å². The fraction of sp³-hybridized carbons (Fsp3) is 0.438. The number of carbonyl (C=O) groups is 1. The molecule has 0 bridgehead atoms. The number of nitrogens with one attached hydrogen (secondary N) is 1. The molecule has 5 heteroatoms. The van der Waals surface area contributed by atoms with Gasteiger partial charge in [0.2, 0.25) is 0 Å². The number of hydrogen-bond donors (Lipinski definition) is 1. The summed E-state index contributed by atoms with van der Waals surface area (Å²) in [6.07, 6.45) is 3.51. The summed E-state index contributed by atoms with van der Waals surface area (Å²) in [5.41, 5.74) is 1.08. The SMILES string of the molecule is CCOC(=O)N1CCC(Oc2cccc3[nH]ccc23)CC1. The lowest BCUT2D eigenvalue weighted by Gasteiger charge is -2.31. The maximum Gasteiger partial charge on any atom is 0.409 e. The third-order valence-corrected chi connectivity index (χ3v) is 3.82. The highest BCUT2D eigenvalue weighted by Crippen LogP contribution is 2.27. The van der Waals surface area contributed by atoms with Crippen molar-refractivity contribution in [3.63, 3.8) is 0 Å². The van der Waals surface area contributed by atoms with Gasteiger partial charge in [-0.1, -0.05) is 6.07 Å². The Kier molecular flexibility index (Phi) is 3.99. The molecule has 1 aliphatic rings. The molecule has 1 aromatic heterocycles. The number of benzene rings is 1.